The normalized spacial score (nSPS) is 13.4. The van der Waals surface area contributed by atoms with E-state index in [1.54, 1.807) is 6.07 Å². The minimum Gasteiger partial charge on any atom is -0.298 e. The van der Waals surface area contributed by atoms with Gasteiger partial charge in [0.25, 0.3) is 17.7 Å². The van der Waals surface area contributed by atoms with Gasteiger partial charge in [0.1, 0.15) is 0 Å². The van der Waals surface area contributed by atoms with Crippen LogP contribution < -0.4 is 10.2 Å². The number of sulfone groups is 1. The van der Waals surface area contributed by atoms with E-state index in [0.717, 1.165) is 22.5 Å². The number of nitrogens with one attached hydrogen (secondary N) is 1. The summed E-state index contributed by atoms with van der Waals surface area (Å²) in [5.74, 6) is -1.67. The topological polar surface area (TPSA) is 114 Å². The predicted molar refractivity (Wildman–Crippen MR) is 135 cm³/mol. The molecule has 0 bridgehead atoms. The Morgan fingerprint density at radius 1 is 0.943 bits per heavy atom. The van der Waals surface area contributed by atoms with E-state index in [9.17, 15) is 22.8 Å². The van der Waals surface area contributed by atoms with Crippen molar-refractivity contribution in [2.75, 3.05) is 16.5 Å². The molecule has 3 aromatic carbocycles. The summed E-state index contributed by atoms with van der Waals surface area (Å²) in [5.41, 5.74) is 1.18. The lowest BCUT2D eigenvalue weighted by atomic mass is 10.1. The average Bonchev–Trinajstić information content (AvgIpc) is 3.32. The molecule has 3 amide bonds. The molecule has 0 radical (unpaired) electrons. The summed E-state index contributed by atoms with van der Waals surface area (Å²) in [5, 5.41) is 3.40. The highest BCUT2D eigenvalue weighted by Crippen LogP contribution is 2.33. The van der Waals surface area contributed by atoms with Crippen molar-refractivity contribution in [2.45, 2.75) is 4.90 Å². The molecule has 8 nitrogen and oxygen atoms in total. The Morgan fingerprint density at radius 3 is 2.40 bits per heavy atom. The largest absolute Gasteiger partial charge is 0.298 e. The molecular weight excluding hydrogens is 533 g/mol. The van der Waals surface area contributed by atoms with Crippen LogP contribution in [0.4, 0.5) is 10.8 Å². The van der Waals surface area contributed by atoms with Crippen molar-refractivity contribution in [2.24, 2.45) is 0 Å². The van der Waals surface area contributed by atoms with Gasteiger partial charge < -0.3 is 0 Å². The highest BCUT2D eigenvalue weighted by Gasteiger charge is 2.37. The van der Waals surface area contributed by atoms with Crippen LogP contribution in [0.15, 0.2) is 59.5 Å². The van der Waals surface area contributed by atoms with Gasteiger partial charge in [0.15, 0.2) is 15.0 Å². The first-order valence-electron chi connectivity index (χ1n) is 9.93. The second-order valence-corrected chi connectivity index (χ2v) is 11.5. The van der Waals surface area contributed by atoms with Crippen molar-refractivity contribution in [3.63, 3.8) is 0 Å². The van der Waals surface area contributed by atoms with E-state index in [1.165, 1.54) is 48.5 Å². The summed E-state index contributed by atoms with van der Waals surface area (Å²) in [4.78, 5) is 44.1. The molecule has 2 heterocycles. The third kappa shape index (κ3) is 4.19. The van der Waals surface area contributed by atoms with Crippen molar-refractivity contribution in [3.05, 3.63) is 81.3 Å². The Labute approximate surface area is 213 Å². The number of hydrogen-bond acceptors (Lipinski definition) is 7. The number of aromatic nitrogens is 1. The van der Waals surface area contributed by atoms with Crippen LogP contribution in [0.1, 0.15) is 31.1 Å². The van der Waals surface area contributed by atoms with Crippen molar-refractivity contribution in [3.8, 4) is 0 Å². The number of carbonyl (C=O) groups excluding carboxylic acids is 3. The van der Waals surface area contributed by atoms with Crippen molar-refractivity contribution in [1.29, 1.82) is 0 Å². The number of thiazole rings is 1. The smallest absolute Gasteiger partial charge is 0.266 e. The number of carbonyl (C=O) groups is 3. The molecule has 0 spiro atoms. The number of fused-ring (bicyclic) bond motifs is 2. The zero-order valence-corrected chi connectivity index (χ0v) is 20.8. The predicted octanol–water partition coefficient (Wildman–Crippen LogP) is 5.06. The van der Waals surface area contributed by atoms with Gasteiger partial charge in [-0.2, -0.15) is 0 Å². The summed E-state index contributed by atoms with van der Waals surface area (Å²) < 4.78 is 24.2. The Kier molecular flexibility index (Phi) is 5.64. The highest BCUT2D eigenvalue weighted by atomic mass is 35.5. The fourth-order valence-electron chi connectivity index (χ4n) is 3.60. The number of imide groups is 1. The Hall–Kier alpha value is -3.31. The van der Waals surface area contributed by atoms with Crippen LogP contribution in [0.25, 0.3) is 10.2 Å². The van der Waals surface area contributed by atoms with Crippen LogP contribution in [-0.2, 0) is 9.84 Å². The SMILES string of the molecule is CS(=O)(=O)c1ccc2nc(NC(=O)c3ccc4c(c3)C(=O)N(c3ccc(Cl)c(Cl)c3)C4=O)sc2c1. The number of amides is 3. The standard InChI is InChI=1S/C23H13Cl2N3O5S2/c1-35(32,33)13-4-7-18-19(10-13)34-23(26-18)27-20(29)11-2-5-14-15(8-11)22(31)28(21(14)30)12-3-6-16(24)17(25)9-12/h2-10H,1H3,(H,26,27,29). The molecule has 1 aromatic heterocycles. The van der Waals surface area contributed by atoms with E-state index >= 15 is 0 Å². The molecular formula is C23H13Cl2N3O5S2. The summed E-state index contributed by atoms with van der Waals surface area (Å²) in [7, 11) is -3.38. The van der Waals surface area contributed by atoms with E-state index in [0.29, 0.717) is 10.2 Å². The van der Waals surface area contributed by atoms with Gasteiger partial charge in [-0.15, -0.1) is 0 Å². The first-order chi connectivity index (χ1) is 16.5. The highest BCUT2D eigenvalue weighted by molar-refractivity contribution is 7.90. The third-order valence-corrected chi connectivity index (χ3v) is 8.10. The Bertz CT molecular complexity index is 1700. The Balaban J connectivity index is 1.42. The average molecular weight is 546 g/mol. The van der Waals surface area contributed by atoms with Gasteiger partial charge in [0.05, 0.1) is 42.0 Å². The molecule has 4 aromatic rings. The lowest BCUT2D eigenvalue weighted by Gasteiger charge is -2.14. The lowest BCUT2D eigenvalue weighted by Crippen LogP contribution is -2.29. The van der Waals surface area contributed by atoms with Gasteiger partial charge >= 0.3 is 0 Å². The molecule has 0 fully saturated rings. The maximum atomic E-state index is 13.0. The van der Waals surface area contributed by atoms with Crippen molar-refractivity contribution < 1.29 is 22.8 Å². The van der Waals surface area contributed by atoms with Gasteiger partial charge in [-0.3, -0.25) is 19.7 Å². The number of nitrogens with zero attached hydrogens (tertiary/aromatic N) is 2. The minimum atomic E-state index is -3.38. The van der Waals surface area contributed by atoms with E-state index in [2.05, 4.69) is 10.3 Å². The maximum absolute atomic E-state index is 13.0. The van der Waals surface area contributed by atoms with Crippen LogP contribution in [0.5, 0.6) is 0 Å². The van der Waals surface area contributed by atoms with Crippen LogP contribution in [0, 0.1) is 0 Å². The first-order valence-corrected chi connectivity index (χ1v) is 13.4. The van der Waals surface area contributed by atoms with Crippen LogP contribution >= 0.6 is 34.5 Å². The molecule has 0 saturated heterocycles. The van der Waals surface area contributed by atoms with Gasteiger partial charge in [0, 0.05) is 11.8 Å². The number of anilines is 2. The molecule has 5 rings (SSSR count). The van der Waals surface area contributed by atoms with Gasteiger partial charge in [-0.25, -0.2) is 18.3 Å². The fourth-order valence-corrected chi connectivity index (χ4v) is 5.51. The second-order valence-electron chi connectivity index (χ2n) is 7.68. The molecule has 1 N–H and O–H groups in total. The minimum absolute atomic E-state index is 0.0795. The number of benzene rings is 3. The number of rotatable bonds is 4. The zero-order chi connectivity index (χ0) is 25.1. The lowest BCUT2D eigenvalue weighted by molar-refractivity contribution is 0.0925. The summed E-state index contributed by atoms with van der Waals surface area (Å²) >= 11 is 13.1. The van der Waals surface area contributed by atoms with E-state index in [-0.39, 0.29) is 42.5 Å². The summed E-state index contributed by atoms with van der Waals surface area (Å²) in [6.45, 7) is 0. The molecule has 35 heavy (non-hydrogen) atoms. The Morgan fingerprint density at radius 2 is 1.69 bits per heavy atom. The van der Waals surface area contributed by atoms with Crippen LogP contribution in [0.2, 0.25) is 10.0 Å². The van der Waals surface area contributed by atoms with Crippen LogP contribution in [-0.4, -0.2) is 37.4 Å². The molecule has 0 atom stereocenters. The van der Waals surface area contributed by atoms with Gasteiger partial charge in [0.2, 0.25) is 0 Å². The van der Waals surface area contributed by atoms with E-state index in [4.69, 9.17) is 23.2 Å². The van der Waals surface area contributed by atoms with Gasteiger partial charge in [-0.1, -0.05) is 34.5 Å². The van der Waals surface area contributed by atoms with E-state index < -0.39 is 27.6 Å². The molecule has 0 aliphatic carbocycles. The van der Waals surface area contributed by atoms with Gasteiger partial charge in [-0.05, 0) is 54.6 Å². The monoisotopic (exact) mass is 545 g/mol. The third-order valence-electron chi connectivity index (χ3n) is 5.32. The van der Waals surface area contributed by atoms with Crippen LogP contribution in [0.3, 0.4) is 0 Å². The number of halogens is 2. The zero-order valence-electron chi connectivity index (χ0n) is 17.7. The fraction of sp³-hybridized carbons (Fsp3) is 0.0435. The molecule has 1 aliphatic heterocycles. The molecule has 176 valence electrons. The summed E-state index contributed by atoms with van der Waals surface area (Å²) in [6.07, 6.45) is 1.11. The quantitative estimate of drug-likeness (QED) is 0.358. The first kappa shape index (κ1) is 23.4. The van der Waals surface area contributed by atoms with E-state index in [1.807, 2.05) is 0 Å². The van der Waals surface area contributed by atoms with Crippen molar-refractivity contribution >= 4 is 83.1 Å². The van der Waals surface area contributed by atoms with Crippen molar-refractivity contribution in [1.82, 2.24) is 4.98 Å². The number of hydrogen-bond donors (Lipinski definition) is 1. The summed E-state index contributed by atoms with van der Waals surface area (Å²) in [6, 6.07) is 13.1. The maximum Gasteiger partial charge on any atom is 0.266 e. The second kappa shape index (κ2) is 8.42. The molecule has 0 saturated carbocycles. The molecule has 0 unspecified atom stereocenters. The molecule has 12 heteroatoms. The molecule has 1 aliphatic rings.